The number of hydrogen-bond acceptors (Lipinski definition) is 3. The van der Waals surface area contributed by atoms with E-state index in [1.165, 1.54) is 25.3 Å². The third kappa shape index (κ3) is 7.69. The highest BCUT2D eigenvalue weighted by Crippen LogP contribution is 2.10. The van der Waals surface area contributed by atoms with Crippen LogP contribution in [0.1, 0.15) is 40.0 Å². The number of isocyanates is 1. The molecule has 0 radical (unpaired) electrons. The molecule has 1 saturated heterocycles. The monoisotopic (exact) mass is 184 g/mol. The van der Waals surface area contributed by atoms with Gasteiger partial charge < -0.3 is 5.32 Å². The number of piperidine rings is 1. The lowest BCUT2D eigenvalue weighted by Gasteiger charge is -2.25. The molecule has 1 aliphatic heterocycles. The Labute approximate surface area is 80.6 Å². The maximum absolute atomic E-state index is 9.11. The van der Waals surface area contributed by atoms with Gasteiger partial charge in [0.2, 0.25) is 6.08 Å². The first-order chi connectivity index (χ1) is 6.20. The predicted octanol–water partition coefficient (Wildman–Crippen LogP) is 1.88. The Balaban J connectivity index is 0.000000252. The van der Waals surface area contributed by atoms with Crippen LogP contribution in [-0.4, -0.2) is 24.7 Å². The van der Waals surface area contributed by atoms with Gasteiger partial charge >= 0.3 is 0 Å². The normalized spacial score (nSPS) is 26.7. The zero-order valence-electron chi connectivity index (χ0n) is 8.84. The van der Waals surface area contributed by atoms with Crippen molar-refractivity contribution in [3.8, 4) is 0 Å². The number of rotatable bonds is 1. The number of nitrogens with zero attached hydrogens (tertiary/aromatic N) is 1. The molecule has 76 valence electrons. The molecule has 1 fully saturated rings. The van der Waals surface area contributed by atoms with Crippen molar-refractivity contribution in [2.45, 2.75) is 52.1 Å². The minimum Gasteiger partial charge on any atom is -0.312 e. The molecule has 0 spiro atoms. The van der Waals surface area contributed by atoms with Crippen molar-refractivity contribution in [3.63, 3.8) is 0 Å². The van der Waals surface area contributed by atoms with Crippen LogP contribution in [0.15, 0.2) is 4.99 Å². The third-order valence-electron chi connectivity index (χ3n) is 2.07. The molecule has 1 N–H and O–H groups in total. The summed E-state index contributed by atoms with van der Waals surface area (Å²) in [7, 11) is 0. The summed E-state index contributed by atoms with van der Waals surface area (Å²) >= 11 is 0. The first kappa shape index (κ1) is 12.3. The van der Waals surface area contributed by atoms with Crippen molar-refractivity contribution in [2.75, 3.05) is 6.54 Å². The average Bonchev–Trinajstić information content (AvgIpc) is 2.06. The van der Waals surface area contributed by atoms with Crippen LogP contribution in [-0.2, 0) is 4.79 Å². The van der Waals surface area contributed by atoms with Gasteiger partial charge in [-0.15, -0.1) is 0 Å². The Morgan fingerprint density at radius 3 is 2.08 bits per heavy atom. The van der Waals surface area contributed by atoms with E-state index in [4.69, 9.17) is 4.79 Å². The molecular formula is C10H20N2O. The van der Waals surface area contributed by atoms with Gasteiger partial charge in [-0.3, -0.25) is 0 Å². The highest BCUT2D eigenvalue weighted by Gasteiger charge is 2.11. The first-order valence-corrected chi connectivity index (χ1v) is 5.00. The van der Waals surface area contributed by atoms with Crippen molar-refractivity contribution >= 4 is 6.08 Å². The van der Waals surface area contributed by atoms with Gasteiger partial charge in [0.25, 0.3) is 0 Å². The number of carbonyl (C=O) groups excluding carboxylic acids is 1. The zero-order valence-corrected chi connectivity index (χ0v) is 8.84. The molecule has 0 amide bonds. The number of hydrogen-bond donors (Lipinski definition) is 1. The summed E-state index contributed by atoms with van der Waals surface area (Å²) in [6.07, 6.45) is 5.54. The molecule has 1 aliphatic rings. The highest BCUT2D eigenvalue weighted by molar-refractivity contribution is 5.32. The van der Waals surface area contributed by atoms with Gasteiger partial charge in [0.05, 0.1) is 0 Å². The summed E-state index contributed by atoms with van der Waals surface area (Å²) in [5.41, 5.74) is 0. The van der Waals surface area contributed by atoms with Crippen molar-refractivity contribution in [1.82, 2.24) is 5.32 Å². The molecule has 0 bridgehead atoms. The van der Waals surface area contributed by atoms with E-state index >= 15 is 0 Å². The standard InChI is InChI=1S/C7H15N.C3H5NO/c1-6-4-3-5-7(2)8-6;1-2-4-3-5/h6-8H,3-5H2,1-2H3;2H2,1H3. The molecule has 0 aromatic heterocycles. The highest BCUT2D eigenvalue weighted by atomic mass is 16.1. The Morgan fingerprint density at radius 2 is 1.92 bits per heavy atom. The molecule has 0 aliphatic carbocycles. The molecule has 1 heterocycles. The topological polar surface area (TPSA) is 41.5 Å². The van der Waals surface area contributed by atoms with Gasteiger partial charge in [-0.25, -0.2) is 9.79 Å². The lowest BCUT2D eigenvalue weighted by atomic mass is 10.0. The van der Waals surface area contributed by atoms with Gasteiger partial charge in [-0.1, -0.05) is 6.42 Å². The van der Waals surface area contributed by atoms with Gasteiger partial charge in [-0.2, -0.15) is 0 Å². The summed E-state index contributed by atoms with van der Waals surface area (Å²) in [6, 6.07) is 1.53. The van der Waals surface area contributed by atoms with Gasteiger partial charge in [-0.05, 0) is 33.6 Å². The number of aliphatic imine (C=N–C) groups is 1. The van der Waals surface area contributed by atoms with Crippen LogP contribution in [0.2, 0.25) is 0 Å². The Hall–Kier alpha value is -0.660. The maximum Gasteiger partial charge on any atom is 0.234 e. The first-order valence-electron chi connectivity index (χ1n) is 5.00. The average molecular weight is 184 g/mol. The van der Waals surface area contributed by atoms with E-state index in [0.717, 1.165) is 12.1 Å². The van der Waals surface area contributed by atoms with Crippen LogP contribution in [0.5, 0.6) is 0 Å². The summed E-state index contributed by atoms with van der Waals surface area (Å²) in [4.78, 5) is 12.3. The maximum atomic E-state index is 9.11. The molecule has 0 aromatic carbocycles. The van der Waals surface area contributed by atoms with E-state index < -0.39 is 0 Å². The van der Waals surface area contributed by atoms with E-state index in [2.05, 4.69) is 24.2 Å². The summed E-state index contributed by atoms with van der Waals surface area (Å²) in [5, 5.41) is 3.48. The molecule has 3 nitrogen and oxygen atoms in total. The van der Waals surface area contributed by atoms with Crippen LogP contribution in [0.4, 0.5) is 0 Å². The van der Waals surface area contributed by atoms with Gasteiger partial charge in [0, 0.05) is 18.6 Å². The summed E-state index contributed by atoms with van der Waals surface area (Å²) < 4.78 is 0. The molecular weight excluding hydrogens is 164 g/mol. The Morgan fingerprint density at radius 1 is 1.38 bits per heavy atom. The minimum atomic E-state index is 0.545. The second-order valence-corrected chi connectivity index (χ2v) is 3.47. The number of nitrogens with one attached hydrogen (secondary N) is 1. The summed E-state index contributed by atoms with van der Waals surface area (Å²) in [6.45, 7) is 6.85. The van der Waals surface area contributed by atoms with Crippen LogP contribution in [0.3, 0.4) is 0 Å². The van der Waals surface area contributed by atoms with Crippen LogP contribution in [0, 0.1) is 0 Å². The van der Waals surface area contributed by atoms with Crippen LogP contribution in [0.25, 0.3) is 0 Å². The lowest BCUT2D eigenvalue weighted by molar-refractivity contribution is 0.352. The fourth-order valence-corrected chi connectivity index (χ4v) is 1.45. The molecule has 0 saturated carbocycles. The van der Waals surface area contributed by atoms with Crippen LogP contribution >= 0.6 is 0 Å². The second-order valence-electron chi connectivity index (χ2n) is 3.47. The van der Waals surface area contributed by atoms with Crippen LogP contribution < -0.4 is 5.32 Å². The molecule has 2 atom stereocenters. The molecule has 1 rings (SSSR count). The van der Waals surface area contributed by atoms with E-state index in [9.17, 15) is 0 Å². The van der Waals surface area contributed by atoms with Crippen molar-refractivity contribution in [2.24, 2.45) is 4.99 Å². The van der Waals surface area contributed by atoms with E-state index in [1.54, 1.807) is 6.92 Å². The minimum absolute atomic E-state index is 0.545. The smallest absolute Gasteiger partial charge is 0.234 e. The van der Waals surface area contributed by atoms with E-state index in [1.807, 2.05) is 0 Å². The second kappa shape index (κ2) is 7.96. The van der Waals surface area contributed by atoms with Crippen molar-refractivity contribution in [1.29, 1.82) is 0 Å². The molecule has 13 heavy (non-hydrogen) atoms. The predicted molar refractivity (Wildman–Crippen MR) is 54.6 cm³/mol. The lowest BCUT2D eigenvalue weighted by Crippen LogP contribution is -2.38. The van der Waals surface area contributed by atoms with E-state index in [-0.39, 0.29) is 0 Å². The van der Waals surface area contributed by atoms with Crippen molar-refractivity contribution < 1.29 is 4.79 Å². The fourth-order valence-electron chi connectivity index (χ4n) is 1.45. The Bertz CT molecular complexity index is 156. The SMILES string of the molecule is CC1CCCC(C)N1.CCN=C=O. The molecule has 0 aromatic rings. The Kier molecular flexibility index (Phi) is 7.56. The van der Waals surface area contributed by atoms with Gasteiger partial charge in [0.1, 0.15) is 0 Å². The zero-order chi connectivity index (χ0) is 10.1. The summed E-state index contributed by atoms with van der Waals surface area (Å²) in [5.74, 6) is 0. The van der Waals surface area contributed by atoms with E-state index in [0.29, 0.717) is 6.54 Å². The quantitative estimate of drug-likeness (QED) is 0.499. The van der Waals surface area contributed by atoms with Gasteiger partial charge in [0.15, 0.2) is 0 Å². The van der Waals surface area contributed by atoms with Crippen molar-refractivity contribution in [3.05, 3.63) is 0 Å². The molecule has 2 unspecified atom stereocenters. The largest absolute Gasteiger partial charge is 0.312 e. The third-order valence-corrected chi connectivity index (χ3v) is 2.07. The fraction of sp³-hybridized carbons (Fsp3) is 0.900. The molecule has 3 heteroatoms.